The van der Waals surface area contributed by atoms with Gasteiger partial charge < -0.3 is 9.47 Å². The zero-order valence-electron chi connectivity index (χ0n) is 16.5. The van der Waals surface area contributed by atoms with Gasteiger partial charge in [0.05, 0.1) is 11.5 Å². The van der Waals surface area contributed by atoms with Crippen LogP contribution >= 0.6 is 0 Å². The summed E-state index contributed by atoms with van der Waals surface area (Å²) in [4.78, 5) is 27.3. The van der Waals surface area contributed by atoms with E-state index >= 15 is 0 Å². The summed E-state index contributed by atoms with van der Waals surface area (Å²) in [6.45, 7) is 5.26. The van der Waals surface area contributed by atoms with Crippen molar-refractivity contribution < 1.29 is 28.0 Å². The standard InChI is InChI=1S/C19H23F2N3O5/c1-18(2,3)29-17(25)23-11-22-15-13(24(26)27)4-5-14(16(15)23)28-10-12-6-8-19(20,21)9-7-12/h4-5,11-12H,6-10H2,1-3H3. The Morgan fingerprint density at radius 1 is 1.34 bits per heavy atom. The molecule has 0 N–H and O–H groups in total. The van der Waals surface area contributed by atoms with Gasteiger partial charge in [0.2, 0.25) is 5.92 Å². The first-order valence-electron chi connectivity index (χ1n) is 9.35. The maximum atomic E-state index is 13.3. The number of nitrogens with zero attached hydrogens (tertiary/aromatic N) is 3. The number of carbonyl (C=O) groups excluding carboxylic acids is 1. The molecule has 10 heteroatoms. The first kappa shape index (κ1) is 20.9. The number of ether oxygens (including phenoxy) is 2. The molecule has 1 fully saturated rings. The van der Waals surface area contributed by atoms with E-state index in [1.54, 1.807) is 20.8 Å². The van der Waals surface area contributed by atoms with Crippen LogP contribution in [0, 0.1) is 16.0 Å². The fourth-order valence-electron chi connectivity index (χ4n) is 3.27. The molecule has 0 bridgehead atoms. The van der Waals surface area contributed by atoms with Crippen LogP contribution < -0.4 is 4.74 Å². The lowest BCUT2D eigenvalue weighted by molar-refractivity contribution is -0.383. The molecule has 0 unspecified atom stereocenters. The number of fused-ring (bicyclic) bond motifs is 1. The molecule has 1 aliphatic rings. The summed E-state index contributed by atoms with van der Waals surface area (Å²) in [5, 5.41) is 11.3. The summed E-state index contributed by atoms with van der Waals surface area (Å²) in [5.41, 5.74) is -0.932. The molecule has 2 aromatic rings. The highest BCUT2D eigenvalue weighted by Gasteiger charge is 2.35. The molecule has 0 saturated heterocycles. The lowest BCUT2D eigenvalue weighted by Crippen LogP contribution is -2.28. The monoisotopic (exact) mass is 411 g/mol. The van der Waals surface area contributed by atoms with E-state index in [4.69, 9.17) is 9.47 Å². The molecule has 0 spiro atoms. The molecule has 1 aromatic heterocycles. The Balaban J connectivity index is 1.90. The van der Waals surface area contributed by atoms with Gasteiger partial charge in [-0.05, 0) is 45.6 Å². The molecule has 0 radical (unpaired) electrons. The summed E-state index contributed by atoms with van der Waals surface area (Å²) in [6, 6.07) is 2.64. The van der Waals surface area contributed by atoms with Crippen molar-refractivity contribution in [2.24, 2.45) is 5.92 Å². The van der Waals surface area contributed by atoms with Crippen LogP contribution in [0.2, 0.25) is 0 Å². The Labute approximate surface area is 165 Å². The highest BCUT2D eigenvalue weighted by molar-refractivity contribution is 5.95. The number of carbonyl (C=O) groups is 1. The summed E-state index contributed by atoms with van der Waals surface area (Å²) in [7, 11) is 0. The van der Waals surface area contributed by atoms with Gasteiger partial charge in [-0.25, -0.2) is 23.1 Å². The lowest BCUT2D eigenvalue weighted by atomic mass is 9.87. The Morgan fingerprint density at radius 2 is 2.00 bits per heavy atom. The van der Waals surface area contributed by atoms with Gasteiger partial charge in [0.25, 0.3) is 5.69 Å². The predicted octanol–water partition coefficient (Wildman–Crippen LogP) is 4.93. The number of aromatic nitrogens is 2. The molecular formula is C19H23F2N3O5. The molecule has 0 atom stereocenters. The maximum absolute atomic E-state index is 13.3. The van der Waals surface area contributed by atoms with E-state index < -0.39 is 22.5 Å². The molecule has 1 aromatic carbocycles. The topological polar surface area (TPSA) is 96.5 Å². The Kier molecular flexibility index (Phi) is 5.46. The number of hydrogen-bond donors (Lipinski definition) is 0. The molecule has 158 valence electrons. The second-order valence-electron chi connectivity index (χ2n) is 8.24. The minimum atomic E-state index is -2.63. The minimum Gasteiger partial charge on any atom is -0.491 e. The molecule has 1 saturated carbocycles. The molecule has 8 nitrogen and oxygen atoms in total. The number of benzene rings is 1. The van der Waals surface area contributed by atoms with Crippen LogP contribution in [-0.2, 0) is 4.74 Å². The van der Waals surface area contributed by atoms with E-state index in [-0.39, 0.29) is 47.8 Å². The summed E-state index contributed by atoms with van der Waals surface area (Å²) >= 11 is 0. The zero-order valence-corrected chi connectivity index (χ0v) is 16.5. The quantitative estimate of drug-likeness (QED) is 0.523. The van der Waals surface area contributed by atoms with Crippen LogP contribution in [0.1, 0.15) is 46.5 Å². The number of nitro benzene ring substituents is 1. The maximum Gasteiger partial charge on any atom is 0.420 e. The first-order chi connectivity index (χ1) is 13.5. The van der Waals surface area contributed by atoms with Gasteiger partial charge in [-0.3, -0.25) is 10.1 Å². The largest absolute Gasteiger partial charge is 0.491 e. The third-order valence-corrected chi connectivity index (χ3v) is 4.73. The van der Waals surface area contributed by atoms with Crippen LogP contribution in [0.3, 0.4) is 0 Å². The average molecular weight is 411 g/mol. The van der Waals surface area contributed by atoms with E-state index in [1.165, 1.54) is 12.1 Å². The average Bonchev–Trinajstić information content (AvgIpc) is 3.04. The van der Waals surface area contributed by atoms with E-state index in [9.17, 15) is 23.7 Å². The van der Waals surface area contributed by atoms with E-state index in [2.05, 4.69) is 4.98 Å². The van der Waals surface area contributed by atoms with Gasteiger partial charge in [-0.15, -0.1) is 0 Å². The smallest absolute Gasteiger partial charge is 0.420 e. The lowest BCUT2D eigenvalue weighted by Gasteiger charge is -2.28. The number of non-ortho nitro benzene ring substituents is 1. The van der Waals surface area contributed by atoms with Gasteiger partial charge in [-0.2, -0.15) is 0 Å². The molecule has 1 aliphatic carbocycles. The van der Waals surface area contributed by atoms with E-state index in [0.29, 0.717) is 12.8 Å². The summed E-state index contributed by atoms with van der Waals surface area (Å²) in [6.07, 6.45) is 0.685. The Hall–Kier alpha value is -2.78. The number of alkyl halides is 2. The second-order valence-corrected chi connectivity index (χ2v) is 8.24. The van der Waals surface area contributed by atoms with Gasteiger partial charge in [0, 0.05) is 18.9 Å². The highest BCUT2D eigenvalue weighted by atomic mass is 19.3. The fourth-order valence-corrected chi connectivity index (χ4v) is 3.27. The number of imidazole rings is 1. The van der Waals surface area contributed by atoms with Gasteiger partial charge in [0.1, 0.15) is 23.2 Å². The number of halogens is 2. The SMILES string of the molecule is CC(C)(C)OC(=O)n1cnc2c([N+](=O)[O-])ccc(OCC3CCC(F)(F)CC3)c21. The third kappa shape index (κ3) is 4.80. The number of rotatable bonds is 4. The Bertz CT molecular complexity index is 926. The third-order valence-electron chi connectivity index (χ3n) is 4.73. The first-order valence-corrected chi connectivity index (χ1v) is 9.35. The number of hydrogen-bond acceptors (Lipinski definition) is 6. The van der Waals surface area contributed by atoms with Crippen molar-refractivity contribution in [3.63, 3.8) is 0 Å². The van der Waals surface area contributed by atoms with Crippen molar-refractivity contribution in [2.75, 3.05) is 6.61 Å². The van der Waals surface area contributed by atoms with Crippen molar-refractivity contribution in [1.82, 2.24) is 9.55 Å². The predicted molar refractivity (Wildman–Crippen MR) is 100 cm³/mol. The molecule has 0 amide bonds. The van der Waals surface area contributed by atoms with Crippen molar-refractivity contribution in [2.45, 2.75) is 58.0 Å². The van der Waals surface area contributed by atoms with Crippen LogP contribution in [0.4, 0.5) is 19.3 Å². The fraction of sp³-hybridized carbons (Fsp3) is 0.579. The van der Waals surface area contributed by atoms with Crippen LogP contribution in [0.5, 0.6) is 5.75 Å². The molecule has 0 aliphatic heterocycles. The van der Waals surface area contributed by atoms with E-state index in [0.717, 1.165) is 10.9 Å². The van der Waals surface area contributed by atoms with Gasteiger partial charge >= 0.3 is 6.09 Å². The van der Waals surface area contributed by atoms with Crippen molar-refractivity contribution in [3.8, 4) is 5.75 Å². The van der Waals surface area contributed by atoms with Gasteiger partial charge in [-0.1, -0.05) is 0 Å². The second kappa shape index (κ2) is 7.57. The van der Waals surface area contributed by atoms with Crippen LogP contribution in [0.15, 0.2) is 18.5 Å². The molecular weight excluding hydrogens is 388 g/mol. The molecule has 29 heavy (non-hydrogen) atoms. The normalized spacial score (nSPS) is 17.3. The highest BCUT2D eigenvalue weighted by Crippen LogP contribution is 2.37. The molecule has 1 heterocycles. The van der Waals surface area contributed by atoms with Gasteiger partial charge in [0.15, 0.2) is 5.52 Å². The Morgan fingerprint density at radius 3 is 2.59 bits per heavy atom. The van der Waals surface area contributed by atoms with Crippen LogP contribution in [-0.4, -0.2) is 38.7 Å². The minimum absolute atomic E-state index is 0.00598. The zero-order chi connectivity index (χ0) is 21.4. The number of nitro groups is 1. The van der Waals surface area contributed by atoms with Crippen LogP contribution in [0.25, 0.3) is 11.0 Å². The van der Waals surface area contributed by atoms with Crippen molar-refractivity contribution in [1.29, 1.82) is 0 Å². The summed E-state index contributed by atoms with van der Waals surface area (Å²) < 4.78 is 38.9. The van der Waals surface area contributed by atoms with Crippen molar-refractivity contribution >= 4 is 22.8 Å². The van der Waals surface area contributed by atoms with E-state index in [1.807, 2.05) is 0 Å². The van der Waals surface area contributed by atoms with Crippen molar-refractivity contribution in [3.05, 3.63) is 28.6 Å². The summed E-state index contributed by atoms with van der Waals surface area (Å²) in [5.74, 6) is -2.48. The molecule has 3 rings (SSSR count).